The fourth-order valence-electron chi connectivity index (χ4n) is 1.76. The quantitative estimate of drug-likeness (QED) is 0.811. The van der Waals surface area contributed by atoms with E-state index in [4.69, 9.17) is 0 Å². The maximum Gasteiger partial charge on any atom is 0.323 e. The zero-order valence-electron chi connectivity index (χ0n) is 11.6. The summed E-state index contributed by atoms with van der Waals surface area (Å²) in [5.41, 5.74) is 0.623. The first kappa shape index (κ1) is 15.4. The lowest BCUT2D eigenvalue weighted by Crippen LogP contribution is -2.20. The number of hydrogen-bond donors (Lipinski definition) is 3. The lowest BCUT2D eigenvalue weighted by Gasteiger charge is -2.10. The van der Waals surface area contributed by atoms with E-state index in [1.165, 1.54) is 13.0 Å². The fourth-order valence-corrected chi connectivity index (χ4v) is 1.76. The third kappa shape index (κ3) is 4.27. The van der Waals surface area contributed by atoms with Crippen LogP contribution < -0.4 is 16.0 Å². The predicted molar refractivity (Wildman–Crippen MR) is 79.7 cm³/mol. The van der Waals surface area contributed by atoms with E-state index in [-0.39, 0.29) is 11.6 Å². The molecule has 2 aromatic carbocycles. The molecule has 0 saturated carbocycles. The number of anilines is 3. The molecule has 0 saturated heterocycles. The van der Waals surface area contributed by atoms with Crippen LogP contribution in [0.3, 0.4) is 0 Å². The monoisotopic (exact) mass is 305 g/mol. The summed E-state index contributed by atoms with van der Waals surface area (Å²) in [6.07, 6.45) is 0. The summed E-state index contributed by atoms with van der Waals surface area (Å²) in [5.74, 6) is -1.66. The Bertz CT molecular complexity index is 720. The third-order valence-electron chi connectivity index (χ3n) is 2.62. The van der Waals surface area contributed by atoms with Crippen LogP contribution in [-0.2, 0) is 4.79 Å². The zero-order valence-corrected chi connectivity index (χ0v) is 11.6. The van der Waals surface area contributed by atoms with Gasteiger partial charge in [-0.2, -0.15) is 0 Å². The van der Waals surface area contributed by atoms with Gasteiger partial charge in [-0.15, -0.1) is 0 Å². The lowest BCUT2D eigenvalue weighted by atomic mass is 10.2. The van der Waals surface area contributed by atoms with Gasteiger partial charge in [0.15, 0.2) is 0 Å². The minimum absolute atomic E-state index is 0.247. The van der Waals surface area contributed by atoms with E-state index in [1.54, 1.807) is 18.2 Å². The van der Waals surface area contributed by atoms with E-state index in [1.807, 2.05) is 0 Å². The van der Waals surface area contributed by atoms with Gasteiger partial charge in [0.2, 0.25) is 5.91 Å². The van der Waals surface area contributed by atoms with Crippen molar-refractivity contribution in [3.05, 3.63) is 54.1 Å². The van der Waals surface area contributed by atoms with E-state index in [0.717, 1.165) is 18.2 Å². The van der Waals surface area contributed by atoms with Gasteiger partial charge in [0.25, 0.3) is 0 Å². The third-order valence-corrected chi connectivity index (χ3v) is 2.62. The fraction of sp³-hybridized carbons (Fsp3) is 0.0667. The van der Waals surface area contributed by atoms with Gasteiger partial charge >= 0.3 is 6.03 Å². The average molecular weight is 305 g/mol. The molecule has 0 aliphatic heterocycles. The van der Waals surface area contributed by atoms with Crippen molar-refractivity contribution in [3.63, 3.8) is 0 Å². The number of nitrogens with one attached hydrogen (secondary N) is 3. The zero-order chi connectivity index (χ0) is 16.1. The maximum absolute atomic E-state index is 13.4. The van der Waals surface area contributed by atoms with E-state index in [0.29, 0.717) is 11.4 Å². The van der Waals surface area contributed by atoms with Crippen molar-refractivity contribution >= 4 is 29.0 Å². The summed E-state index contributed by atoms with van der Waals surface area (Å²) in [6.45, 7) is 1.36. The first-order chi connectivity index (χ1) is 10.4. The average Bonchev–Trinajstić information content (AvgIpc) is 2.42. The molecule has 22 heavy (non-hydrogen) atoms. The molecule has 0 heterocycles. The molecular formula is C15H13F2N3O2. The van der Waals surface area contributed by atoms with Gasteiger partial charge in [0, 0.05) is 24.4 Å². The Morgan fingerprint density at radius 2 is 1.59 bits per heavy atom. The van der Waals surface area contributed by atoms with Crippen LogP contribution in [0, 0.1) is 11.6 Å². The Morgan fingerprint density at radius 1 is 0.909 bits per heavy atom. The second-order valence-electron chi connectivity index (χ2n) is 4.47. The largest absolute Gasteiger partial charge is 0.326 e. The summed E-state index contributed by atoms with van der Waals surface area (Å²) < 4.78 is 26.4. The molecular weight excluding hydrogens is 292 g/mol. The molecule has 0 aliphatic rings. The van der Waals surface area contributed by atoms with E-state index >= 15 is 0 Å². The number of carbonyl (C=O) groups excluding carboxylic acids is 2. The van der Waals surface area contributed by atoms with Gasteiger partial charge in [-0.05, 0) is 30.3 Å². The summed E-state index contributed by atoms with van der Waals surface area (Å²) in [4.78, 5) is 22.7. The molecule has 0 spiro atoms. The van der Waals surface area contributed by atoms with Crippen molar-refractivity contribution in [1.82, 2.24) is 0 Å². The summed E-state index contributed by atoms with van der Waals surface area (Å²) >= 11 is 0. The molecule has 0 radical (unpaired) electrons. The van der Waals surface area contributed by atoms with Crippen molar-refractivity contribution in [2.75, 3.05) is 16.0 Å². The highest BCUT2D eigenvalue weighted by atomic mass is 19.1. The first-order valence-corrected chi connectivity index (χ1v) is 6.35. The molecule has 5 nitrogen and oxygen atoms in total. The van der Waals surface area contributed by atoms with Gasteiger partial charge in [-0.1, -0.05) is 6.07 Å². The second-order valence-corrected chi connectivity index (χ2v) is 4.47. The topological polar surface area (TPSA) is 70.2 Å². The van der Waals surface area contributed by atoms with Gasteiger partial charge in [0.1, 0.15) is 11.6 Å². The normalized spacial score (nSPS) is 9.95. The number of amides is 3. The Labute approximate surface area is 125 Å². The van der Waals surface area contributed by atoms with Crippen LogP contribution in [0.4, 0.5) is 30.6 Å². The summed E-state index contributed by atoms with van der Waals surface area (Å²) in [7, 11) is 0. The smallest absolute Gasteiger partial charge is 0.323 e. The highest BCUT2D eigenvalue weighted by molar-refractivity contribution is 6.00. The highest BCUT2D eigenvalue weighted by Crippen LogP contribution is 2.17. The highest BCUT2D eigenvalue weighted by Gasteiger charge is 2.08. The van der Waals surface area contributed by atoms with Crippen LogP contribution in [0.2, 0.25) is 0 Å². The molecule has 0 aromatic heterocycles. The number of carbonyl (C=O) groups is 2. The number of rotatable bonds is 3. The van der Waals surface area contributed by atoms with Crippen LogP contribution >= 0.6 is 0 Å². The molecule has 0 unspecified atom stereocenters. The first-order valence-electron chi connectivity index (χ1n) is 6.35. The predicted octanol–water partition coefficient (Wildman–Crippen LogP) is 3.57. The minimum Gasteiger partial charge on any atom is -0.326 e. The molecule has 0 fully saturated rings. The van der Waals surface area contributed by atoms with Crippen LogP contribution in [0.25, 0.3) is 0 Å². The molecule has 114 valence electrons. The minimum atomic E-state index is -0.747. The van der Waals surface area contributed by atoms with Gasteiger partial charge in [-0.25, -0.2) is 13.6 Å². The number of hydrogen-bond acceptors (Lipinski definition) is 2. The van der Waals surface area contributed by atoms with Gasteiger partial charge < -0.3 is 16.0 Å². The van der Waals surface area contributed by atoms with Crippen LogP contribution in [0.15, 0.2) is 42.5 Å². The maximum atomic E-state index is 13.4. The SMILES string of the molecule is CC(=O)Nc1cccc(NC(=O)Nc2cc(F)ccc2F)c1. The van der Waals surface area contributed by atoms with Crippen LogP contribution in [0.1, 0.15) is 6.92 Å². The van der Waals surface area contributed by atoms with Crippen molar-refractivity contribution in [2.24, 2.45) is 0 Å². The molecule has 2 rings (SSSR count). The van der Waals surface area contributed by atoms with E-state index in [9.17, 15) is 18.4 Å². The van der Waals surface area contributed by atoms with Crippen LogP contribution in [0.5, 0.6) is 0 Å². The van der Waals surface area contributed by atoms with Gasteiger partial charge in [-0.3, -0.25) is 4.79 Å². The number of benzene rings is 2. The van der Waals surface area contributed by atoms with Crippen molar-refractivity contribution in [1.29, 1.82) is 0 Å². The van der Waals surface area contributed by atoms with Crippen molar-refractivity contribution in [2.45, 2.75) is 6.92 Å². The Morgan fingerprint density at radius 3 is 2.27 bits per heavy atom. The lowest BCUT2D eigenvalue weighted by molar-refractivity contribution is -0.114. The number of halogens is 2. The molecule has 2 aromatic rings. The van der Waals surface area contributed by atoms with E-state index < -0.39 is 17.7 Å². The van der Waals surface area contributed by atoms with Crippen molar-refractivity contribution in [3.8, 4) is 0 Å². The van der Waals surface area contributed by atoms with Crippen molar-refractivity contribution < 1.29 is 18.4 Å². The summed E-state index contributed by atoms with van der Waals surface area (Å²) in [5, 5.41) is 7.23. The van der Waals surface area contributed by atoms with Gasteiger partial charge in [0.05, 0.1) is 5.69 Å². The second kappa shape index (κ2) is 6.66. The molecule has 0 bridgehead atoms. The summed E-state index contributed by atoms with van der Waals surface area (Å²) in [6, 6.07) is 8.42. The Hall–Kier alpha value is -2.96. The molecule has 3 N–H and O–H groups in total. The Kier molecular flexibility index (Phi) is 4.67. The van der Waals surface area contributed by atoms with Crippen LogP contribution in [-0.4, -0.2) is 11.9 Å². The molecule has 3 amide bonds. The van der Waals surface area contributed by atoms with E-state index in [2.05, 4.69) is 16.0 Å². The molecule has 7 heteroatoms. The molecule has 0 atom stereocenters. The number of urea groups is 1. The Balaban J connectivity index is 2.05. The molecule has 0 aliphatic carbocycles. The standard InChI is InChI=1S/C15H13F2N3O2/c1-9(21)18-11-3-2-4-12(8-11)19-15(22)20-14-7-10(16)5-6-13(14)17/h2-8H,1H3,(H,18,21)(H2,19,20,22).